The van der Waals surface area contributed by atoms with Crippen LogP contribution in [0.3, 0.4) is 0 Å². The number of carbonyl (C=O) groups is 1. The molecule has 0 saturated heterocycles. The third-order valence-electron chi connectivity index (χ3n) is 8.88. The zero-order chi connectivity index (χ0) is 34.1. The van der Waals surface area contributed by atoms with E-state index in [0.717, 1.165) is 38.7 Å². The van der Waals surface area contributed by atoms with Crippen LogP contribution < -0.4 is 14.9 Å². The number of nitriles is 1. The highest BCUT2D eigenvalue weighted by atomic mass is 32.1. The third kappa shape index (κ3) is 5.94. The fraction of sp³-hybridized carbons (Fsp3) is 0.171. The van der Waals surface area contributed by atoms with E-state index in [9.17, 15) is 14.9 Å². The third-order valence-corrected chi connectivity index (χ3v) is 9.86. The highest BCUT2D eigenvalue weighted by Crippen LogP contribution is 2.35. The Morgan fingerprint density at radius 2 is 1.69 bits per heavy atom. The van der Waals surface area contributed by atoms with Gasteiger partial charge in [0.15, 0.2) is 4.80 Å². The molecule has 7 rings (SSSR count). The van der Waals surface area contributed by atoms with Crippen LogP contribution in [0.1, 0.15) is 66.1 Å². The summed E-state index contributed by atoms with van der Waals surface area (Å²) in [7, 11) is 0. The van der Waals surface area contributed by atoms with E-state index in [-0.39, 0.29) is 12.2 Å². The van der Waals surface area contributed by atoms with E-state index in [4.69, 9.17) is 9.73 Å². The van der Waals surface area contributed by atoms with Crippen molar-refractivity contribution in [3.8, 4) is 6.07 Å². The molecule has 3 heterocycles. The Labute approximate surface area is 288 Å². The molecule has 0 aliphatic carbocycles. The fourth-order valence-electron chi connectivity index (χ4n) is 6.43. The van der Waals surface area contributed by atoms with Crippen molar-refractivity contribution >= 4 is 40.0 Å². The zero-order valence-electron chi connectivity index (χ0n) is 27.5. The fourth-order valence-corrected chi connectivity index (χ4v) is 7.42. The molecule has 1 aliphatic heterocycles. The average Bonchev–Trinajstić information content (AvgIpc) is 3.63. The Bertz CT molecular complexity index is 2460. The maximum Gasteiger partial charge on any atom is 0.338 e. The number of ether oxygens (including phenoxy) is 1. The summed E-state index contributed by atoms with van der Waals surface area (Å²) < 4.78 is 9.87. The number of carbonyl (C=O) groups excluding carboxylic acids is 1. The van der Waals surface area contributed by atoms with Crippen LogP contribution in [0.4, 0.5) is 0 Å². The van der Waals surface area contributed by atoms with Gasteiger partial charge in [-0.25, -0.2) is 9.79 Å². The van der Waals surface area contributed by atoms with Crippen LogP contribution in [-0.4, -0.2) is 21.7 Å². The average molecular weight is 663 g/mol. The molecule has 6 aromatic rings. The van der Waals surface area contributed by atoms with Crippen molar-refractivity contribution in [3.05, 3.63) is 168 Å². The van der Waals surface area contributed by atoms with E-state index in [1.54, 1.807) is 11.5 Å². The molecule has 7 nitrogen and oxygen atoms in total. The Morgan fingerprint density at radius 3 is 2.43 bits per heavy atom. The minimum Gasteiger partial charge on any atom is -0.463 e. The molecule has 49 heavy (non-hydrogen) atoms. The molecule has 0 fully saturated rings. The van der Waals surface area contributed by atoms with Gasteiger partial charge in [-0.1, -0.05) is 116 Å². The zero-order valence-corrected chi connectivity index (χ0v) is 28.3. The van der Waals surface area contributed by atoms with Crippen LogP contribution in [-0.2, 0) is 16.1 Å². The molecule has 4 aromatic carbocycles. The Kier molecular flexibility index (Phi) is 8.68. The molecule has 0 N–H and O–H groups in total. The van der Waals surface area contributed by atoms with E-state index in [0.29, 0.717) is 38.6 Å². The van der Waals surface area contributed by atoms with Gasteiger partial charge >= 0.3 is 5.97 Å². The van der Waals surface area contributed by atoms with E-state index >= 15 is 0 Å². The van der Waals surface area contributed by atoms with Gasteiger partial charge < -0.3 is 9.30 Å². The first-order valence-electron chi connectivity index (χ1n) is 16.3. The molecule has 0 bridgehead atoms. The second-order valence-corrected chi connectivity index (χ2v) is 13.3. The lowest BCUT2D eigenvalue weighted by Crippen LogP contribution is -2.40. The maximum atomic E-state index is 14.5. The van der Waals surface area contributed by atoms with Gasteiger partial charge in [0.2, 0.25) is 0 Å². The van der Waals surface area contributed by atoms with Crippen molar-refractivity contribution in [2.45, 2.75) is 39.3 Å². The summed E-state index contributed by atoms with van der Waals surface area (Å²) in [5, 5.41) is 10.7. The van der Waals surface area contributed by atoms with Crippen molar-refractivity contribution < 1.29 is 9.53 Å². The van der Waals surface area contributed by atoms with E-state index in [2.05, 4.69) is 36.6 Å². The number of esters is 1. The summed E-state index contributed by atoms with van der Waals surface area (Å²) in [6.45, 7) is 6.74. The standard InChI is InChI=1S/C41H34N4O3S/c1-4-48-40(47)36-37(28-12-6-5-7-13-28)43-41-45(38(36)29-20-18-27(19-21-29)26(2)3)39(46)35(49-41)22-32-25-44(34-17-11-10-16-33(32)34)24-31-15-9-8-14-30(31)23-42/h5-22,25-26,38H,4,24H2,1-3H3/b35-22-/t38-/m0/s1. The number of hydrogen-bond donors (Lipinski definition) is 0. The van der Waals surface area contributed by atoms with Gasteiger partial charge in [0, 0.05) is 34.8 Å². The van der Waals surface area contributed by atoms with E-state index in [1.165, 1.54) is 11.3 Å². The predicted octanol–water partition coefficient (Wildman–Crippen LogP) is 6.93. The lowest BCUT2D eigenvalue weighted by Gasteiger charge is -2.26. The summed E-state index contributed by atoms with van der Waals surface area (Å²) in [5.74, 6) is -0.176. The summed E-state index contributed by atoms with van der Waals surface area (Å²) in [6.07, 6.45) is 3.94. The van der Waals surface area contributed by atoms with Crippen LogP contribution in [0.5, 0.6) is 0 Å². The molecule has 8 heteroatoms. The summed E-state index contributed by atoms with van der Waals surface area (Å²) in [6, 6.07) is 34.9. The molecule has 0 amide bonds. The number of aromatic nitrogens is 2. The molecule has 0 spiro atoms. The molecule has 0 saturated carbocycles. The highest BCUT2D eigenvalue weighted by Gasteiger charge is 2.35. The second kappa shape index (κ2) is 13.4. The van der Waals surface area contributed by atoms with Crippen molar-refractivity contribution in [2.24, 2.45) is 4.99 Å². The highest BCUT2D eigenvalue weighted by molar-refractivity contribution is 7.07. The second-order valence-electron chi connectivity index (χ2n) is 12.3. The molecule has 0 radical (unpaired) electrons. The normalized spacial score (nSPS) is 14.5. The maximum absolute atomic E-state index is 14.5. The van der Waals surface area contributed by atoms with Crippen LogP contribution in [0.2, 0.25) is 0 Å². The number of fused-ring (bicyclic) bond motifs is 2. The number of benzene rings is 4. The molecule has 242 valence electrons. The molecule has 0 unspecified atom stereocenters. The van der Waals surface area contributed by atoms with Gasteiger partial charge in [0.1, 0.15) is 0 Å². The van der Waals surface area contributed by atoms with Crippen molar-refractivity contribution in [1.82, 2.24) is 9.13 Å². The first-order chi connectivity index (χ1) is 23.9. The lowest BCUT2D eigenvalue weighted by molar-refractivity contribution is -0.138. The Hall–Kier alpha value is -5.78. The summed E-state index contributed by atoms with van der Waals surface area (Å²) >= 11 is 1.31. The predicted molar refractivity (Wildman–Crippen MR) is 194 cm³/mol. The SMILES string of the molecule is CCOC(=O)C1=C(c2ccccc2)N=c2s/c(=C\c3cn(Cc4ccccc4C#N)c4ccccc34)c(=O)n2[C@H]1c1ccc(C(C)C)cc1. The first-order valence-corrected chi connectivity index (χ1v) is 17.1. The Balaban J connectivity index is 1.45. The van der Waals surface area contributed by atoms with Gasteiger partial charge in [-0.05, 0) is 47.7 Å². The largest absolute Gasteiger partial charge is 0.463 e. The van der Waals surface area contributed by atoms with Gasteiger partial charge in [-0.2, -0.15) is 5.26 Å². The minimum atomic E-state index is -0.738. The lowest BCUT2D eigenvalue weighted by atomic mass is 9.91. The van der Waals surface area contributed by atoms with Crippen LogP contribution in [0.15, 0.2) is 125 Å². The van der Waals surface area contributed by atoms with Gasteiger partial charge in [0.25, 0.3) is 5.56 Å². The quantitative estimate of drug-likeness (QED) is 0.165. The molecule has 1 aliphatic rings. The molecular formula is C41H34N4O3S. The van der Waals surface area contributed by atoms with E-state index in [1.807, 2.05) is 103 Å². The number of thiazole rings is 1. The molecular weight excluding hydrogens is 629 g/mol. The van der Waals surface area contributed by atoms with Crippen LogP contribution in [0.25, 0.3) is 22.7 Å². The van der Waals surface area contributed by atoms with Crippen molar-refractivity contribution in [1.29, 1.82) is 5.26 Å². The molecule has 1 atom stereocenters. The van der Waals surface area contributed by atoms with Crippen molar-refractivity contribution in [2.75, 3.05) is 6.61 Å². The minimum absolute atomic E-state index is 0.191. The van der Waals surface area contributed by atoms with Crippen LogP contribution in [0, 0.1) is 11.3 Å². The van der Waals surface area contributed by atoms with Crippen molar-refractivity contribution in [3.63, 3.8) is 0 Å². The van der Waals surface area contributed by atoms with Gasteiger partial charge in [-0.15, -0.1) is 0 Å². The topological polar surface area (TPSA) is 89.4 Å². The Morgan fingerprint density at radius 1 is 0.980 bits per heavy atom. The number of para-hydroxylation sites is 1. The first kappa shape index (κ1) is 31.8. The van der Waals surface area contributed by atoms with E-state index < -0.39 is 12.0 Å². The van der Waals surface area contributed by atoms with Gasteiger partial charge in [-0.3, -0.25) is 9.36 Å². The van der Waals surface area contributed by atoms with Crippen LogP contribution >= 0.6 is 11.3 Å². The molecule has 2 aromatic heterocycles. The number of rotatable bonds is 8. The monoisotopic (exact) mass is 662 g/mol. The van der Waals surface area contributed by atoms with Gasteiger partial charge in [0.05, 0.1) is 40.1 Å². The smallest absolute Gasteiger partial charge is 0.338 e. The summed E-state index contributed by atoms with van der Waals surface area (Å²) in [5.41, 5.74) is 6.74. The summed E-state index contributed by atoms with van der Waals surface area (Å²) in [4.78, 5) is 33.8. The number of hydrogen-bond acceptors (Lipinski definition) is 6. The number of nitrogens with zero attached hydrogens (tertiary/aromatic N) is 4.